The number of carbonyl (C=O) groups is 1. The van der Waals surface area contributed by atoms with Crippen molar-refractivity contribution in [2.24, 2.45) is 28.6 Å². The first-order valence-corrected chi connectivity index (χ1v) is 6.62. The fourth-order valence-electron chi connectivity index (χ4n) is 5.24. The minimum Gasteiger partial charge on any atom is -0.295 e. The van der Waals surface area contributed by atoms with E-state index < -0.39 is 0 Å². The highest BCUT2D eigenvalue weighted by Gasteiger charge is 2.70. The molecule has 3 rings (SSSR count). The van der Waals surface area contributed by atoms with E-state index >= 15 is 0 Å². The second-order valence-corrected chi connectivity index (χ2v) is 6.89. The van der Waals surface area contributed by atoms with Crippen LogP contribution in [0.2, 0.25) is 0 Å². The van der Waals surface area contributed by atoms with Gasteiger partial charge in [-0.25, -0.2) is 0 Å². The van der Waals surface area contributed by atoms with Crippen LogP contribution in [0.15, 0.2) is 11.6 Å². The number of ketones is 1. The smallest absolute Gasteiger partial charge is 0.158 e. The first-order valence-electron chi connectivity index (χ1n) is 6.62. The molecule has 0 saturated heterocycles. The van der Waals surface area contributed by atoms with Crippen LogP contribution in [0.1, 0.15) is 47.0 Å². The Morgan fingerprint density at radius 2 is 2.00 bits per heavy atom. The van der Waals surface area contributed by atoms with Gasteiger partial charge in [0.1, 0.15) is 0 Å². The maximum atomic E-state index is 12.0. The number of carbonyl (C=O) groups excluding carboxylic acids is 1. The lowest BCUT2D eigenvalue weighted by Crippen LogP contribution is -2.63. The van der Waals surface area contributed by atoms with Gasteiger partial charge in [0.05, 0.1) is 0 Å². The SMILES string of the molecule is CC1=C[C@H]2C(C)(C)[C@@H]3CC[C@@H](C)[C@]23CC1=O. The largest absolute Gasteiger partial charge is 0.295 e. The number of allylic oxidation sites excluding steroid dienone is 2. The third-order valence-electron chi connectivity index (χ3n) is 6.06. The third-order valence-corrected chi connectivity index (χ3v) is 6.06. The van der Waals surface area contributed by atoms with Gasteiger partial charge in [-0.15, -0.1) is 0 Å². The van der Waals surface area contributed by atoms with E-state index in [9.17, 15) is 4.79 Å². The molecule has 0 radical (unpaired) electrons. The van der Waals surface area contributed by atoms with Crippen LogP contribution in [-0.4, -0.2) is 5.78 Å². The Balaban J connectivity index is 2.10. The number of hydrogen-bond acceptors (Lipinski definition) is 1. The lowest BCUT2D eigenvalue weighted by molar-refractivity contribution is -0.172. The van der Waals surface area contributed by atoms with Crippen molar-refractivity contribution in [3.8, 4) is 0 Å². The summed E-state index contributed by atoms with van der Waals surface area (Å²) in [4.78, 5) is 12.0. The van der Waals surface area contributed by atoms with Crippen molar-refractivity contribution in [3.63, 3.8) is 0 Å². The van der Waals surface area contributed by atoms with Crippen molar-refractivity contribution in [2.75, 3.05) is 0 Å². The second-order valence-electron chi connectivity index (χ2n) is 6.89. The molecule has 0 aliphatic heterocycles. The van der Waals surface area contributed by atoms with E-state index in [0.29, 0.717) is 22.5 Å². The Morgan fingerprint density at radius 3 is 2.69 bits per heavy atom. The molecular formula is C15H22O. The van der Waals surface area contributed by atoms with Crippen molar-refractivity contribution in [3.05, 3.63) is 11.6 Å². The van der Waals surface area contributed by atoms with E-state index in [1.54, 1.807) is 0 Å². The first kappa shape index (κ1) is 10.6. The van der Waals surface area contributed by atoms with Gasteiger partial charge >= 0.3 is 0 Å². The minimum absolute atomic E-state index is 0.347. The Kier molecular flexibility index (Phi) is 1.85. The van der Waals surface area contributed by atoms with Gasteiger partial charge in [-0.2, -0.15) is 0 Å². The Morgan fingerprint density at radius 1 is 1.31 bits per heavy atom. The predicted molar refractivity (Wildman–Crippen MR) is 65.0 cm³/mol. The lowest BCUT2D eigenvalue weighted by atomic mass is 9.37. The predicted octanol–water partition coefficient (Wildman–Crippen LogP) is 3.59. The zero-order chi connectivity index (χ0) is 11.7. The molecule has 0 N–H and O–H groups in total. The van der Waals surface area contributed by atoms with E-state index in [0.717, 1.165) is 23.8 Å². The van der Waals surface area contributed by atoms with Crippen LogP contribution in [0.25, 0.3) is 0 Å². The molecule has 0 aromatic carbocycles. The summed E-state index contributed by atoms with van der Waals surface area (Å²) in [6.07, 6.45) is 5.79. The van der Waals surface area contributed by atoms with Gasteiger partial charge in [0.15, 0.2) is 5.78 Å². The van der Waals surface area contributed by atoms with Gasteiger partial charge in [-0.05, 0) is 53.9 Å². The summed E-state index contributed by atoms with van der Waals surface area (Å²) in [5, 5.41) is 0. The van der Waals surface area contributed by atoms with Crippen molar-refractivity contribution < 1.29 is 4.79 Å². The summed E-state index contributed by atoms with van der Waals surface area (Å²) in [5.74, 6) is 2.59. The van der Waals surface area contributed by atoms with E-state index in [-0.39, 0.29) is 0 Å². The molecule has 0 aromatic heterocycles. The van der Waals surface area contributed by atoms with Crippen molar-refractivity contribution in [2.45, 2.75) is 47.0 Å². The van der Waals surface area contributed by atoms with Crippen LogP contribution in [0.4, 0.5) is 0 Å². The molecule has 2 fully saturated rings. The fraction of sp³-hybridized carbons (Fsp3) is 0.800. The molecule has 1 heteroatoms. The topological polar surface area (TPSA) is 17.1 Å². The summed E-state index contributed by atoms with van der Waals surface area (Å²) in [6.45, 7) is 9.17. The van der Waals surface area contributed by atoms with Crippen LogP contribution in [-0.2, 0) is 4.79 Å². The molecule has 3 aliphatic rings. The summed E-state index contributed by atoms with van der Waals surface area (Å²) >= 11 is 0. The number of hydrogen-bond donors (Lipinski definition) is 0. The van der Waals surface area contributed by atoms with Gasteiger partial charge in [-0.1, -0.05) is 26.8 Å². The highest BCUT2D eigenvalue weighted by molar-refractivity contribution is 5.96. The average Bonchev–Trinajstić information content (AvgIpc) is 2.49. The molecule has 4 atom stereocenters. The molecule has 0 amide bonds. The quantitative estimate of drug-likeness (QED) is 0.607. The molecule has 1 nitrogen and oxygen atoms in total. The van der Waals surface area contributed by atoms with Gasteiger partial charge < -0.3 is 0 Å². The van der Waals surface area contributed by atoms with Gasteiger partial charge in [-0.3, -0.25) is 4.79 Å². The van der Waals surface area contributed by atoms with Gasteiger partial charge in [0.2, 0.25) is 0 Å². The van der Waals surface area contributed by atoms with Crippen LogP contribution >= 0.6 is 0 Å². The molecule has 0 heterocycles. The zero-order valence-corrected chi connectivity index (χ0v) is 10.8. The van der Waals surface area contributed by atoms with Crippen LogP contribution in [0.5, 0.6) is 0 Å². The molecule has 2 saturated carbocycles. The highest BCUT2D eigenvalue weighted by Crippen LogP contribution is 2.75. The van der Waals surface area contributed by atoms with E-state index in [2.05, 4.69) is 26.8 Å². The van der Waals surface area contributed by atoms with E-state index in [1.807, 2.05) is 6.92 Å². The normalized spacial score (nSPS) is 49.1. The lowest BCUT2D eigenvalue weighted by Gasteiger charge is -2.67. The van der Waals surface area contributed by atoms with Crippen molar-refractivity contribution >= 4 is 5.78 Å². The molecule has 16 heavy (non-hydrogen) atoms. The molecule has 0 bridgehead atoms. The van der Waals surface area contributed by atoms with E-state index in [4.69, 9.17) is 0 Å². The van der Waals surface area contributed by atoms with Crippen LogP contribution in [0.3, 0.4) is 0 Å². The summed E-state index contributed by atoms with van der Waals surface area (Å²) < 4.78 is 0. The Bertz CT molecular complexity index is 390. The molecule has 1 spiro atoms. The second kappa shape index (κ2) is 2.80. The van der Waals surface area contributed by atoms with Crippen LogP contribution < -0.4 is 0 Å². The number of Topliss-reactive ketones (excluding diaryl/α,β-unsaturated/α-hetero) is 1. The minimum atomic E-state index is 0.347. The molecule has 0 unspecified atom stereocenters. The fourth-order valence-corrected chi connectivity index (χ4v) is 5.24. The molecule has 0 aromatic rings. The molecule has 3 aliphatic carbocycles. The van der Waals surface area contributed by atoms with Crippen LogP contribution in [0, 0.1) is 28.6 Å². The maximum absolute atomic E-state index is 12.0. The summed E-state index contributed by atoms with van der Waals surface area (Å²) in [5.41, 5.74) is 1.79. The zero-order valence-electron chi connectivity index (χ0n) is 10.8. The van der Waals surface area contributed by atoms with Gasteiger partial charge in [0, 0.05) is 6.42 Å². The molecular weight excluding hydrogens is 196 g/mol. The van der Waals surface area contributed by atoms with E-state index in [1.165, 1.54) is 12.8 Å². The summed E-state index contributed by atoms with van der Waals surface area (Å²) in [7, 11) is 0. The monoisotopic (exact) mass is 218 g/mol. The standard InChI is InChI=1S/C15H22O/c1-9-7-13-14(3,4)12-6-5-10(2)15(12,13)8-11(9)16/h7,10,12-13H,5-6,8H2,1-4H3/t10-,12+,13+,15+/m1/s1. The third kappa shape index (κ3) is 0.919. The van der Waals surface area contributed by atoms with Crippen molar-refractivity contribution in [1.82, 2.24) is 0 Å². The summed E-state index contributed by atoms with van der Waals surface area (Å²) in [6, 6.07) is 0. The average molecular weight is 218 g/mol. The highest BCUT2D eigenvalue weighted by atomic mass is 16.1. The van der Waals surface area contributed by atoms with Crippen molar-refractivity contribution in [1.29, 1.82) is 0 Å². The molecule has 88 valence electrons. The number of rotatable bonds is 0. The van der Waals surface area contributed by atoms with Gasteiger partial charge in [0.25, 0.3) is 0 Å². The Hall–Kier alpha value is -0.590. The maximum Gasteiger partial charge on any atom is 0.158 e. The Labute approximate surface area is 98.3 Å². The first-order chi connectivity index (χ1) is 7.40.